The lowest BCUT2D eigenvalue weighted by atomic mass is 10.0. The monoisotopic (exact) mass is 744 g/mol. The molecule has 4 heteroatoms. The maximum atomic E-state index is 12.4. The molecule has 0 aromatic carbocycles. The van der Waals surface area contributed by atoms with Crippen LogP contribution in [0, 0.1) is 0 Å². The third kappa shape index (κ3) is 41.6. The van der Waals surface area contributed by atoms with Crippen LogP contribution in [0.1, 0.15) is 251 Å². The lowest BCUT2D eigenvalue weighted by Crippen LogP contribution is -2.45. The minimum Gasteiger partial charge on any atom is -0.394 e. The highest BCUT2D eigenvalue weighted by Gasteiger charge is 2.17. The summed E-state index contributed by atoms with van der Waals surface area (Å²) in [7, 11) is 0. The first kappa shape index (κ1) is 51.6. The summed E-state index contributed by atoms with van der Waals surface area (Å²) in [5.41, 5.74) is 0. The molecular formula is C49H93NO3. The zero-order valence-corrected chi connectivity index (χ0v) is 35.8. The highest BCUT2D eigenvalue weighted by atomic mass is 16.3. The van der Waals surface area contributed by atoms with E-state index in [1.54, 1.807) is 6.08 Å². The van der Waals surface area contributed by atoms with Gasteiger partial charge in [-0.2, -0.15) is 0 Å². The SMILES string of the molecule is CCCCCCCCC/C=C/CC/C=C/CC/C=C/C(O)C(CO)NC(=O)CCCCCCCCCCCCCCCCCCCCCCCCCC. The van der Waals surface area contributed by atoms with E-state index in [4.69, 9.17) is 0 Å². The van der Waals surface area contributed by atoms with Gasteiger partial charge in [0.25, 0.3) is 0 Å². The second-order valence-corrected chi connectivity index (χ2v) is 16.2. The highest BCUT2D eigenvalue weighted by Crippen LogP contribution is 2.16. The van der Waals surface area contributed by atoms with Gasteiger partial charge in [-0.3, -0.25) is 4.79 Å². The normalized spacial score (nSPS) is 13.2. The maximum absolute atomic E-state index is 12.4. The fourth-order valence-corrected chi connectivity index (χ4v) is 7.21. The highest BCUT2D eigenvalue weighted by molar-refractivity contribution is 5.76. The van der Waals surface area contributed by atoms with E-state index in [1.807, 2.05) is 6.08 Å². The predicted octanol–water partition coefficient (Wildman–Crippen LogP) is 15.0. The van der Waals surface area contributed by atoms with E-state index in [0.717, 1.165) is 38.5 Å². The molecule has 53 heavy (non-hydrogen) atoms. The molecule has 2 unspecified atom stereocenters. The standard InChI is InChI=1S/C49H93NO3/c1-3-5-7-9-11-13-15-17-19-21-22-23-24-25-26-27-29-31-33-35-37-39-41-43-45-49(53)50-47(46-51)48(52)44-42-40-38-36-34-32-30-28-20-18-16-14-12-10-8-6-4-2/h20,28,34,36,42,44,47-48,51-52H,3-19,21-27,29-33,35,37-41,43,45-46H2,1-2H3,(H,50,53)/b28-20+,36-34+,44-42+. The van der Waals surface area contributed by atoms with Gasteiger partial charge in [0.1, 0.15) is 0 Å². The fourth-order valence-electron chi connectivity index (χ4n) is 7.21. The van der Waals surface area contributed by atoms with E-state index in [2.05, 4.69) is 43.5 Å². The smallest absolute Gasteiger partial charge is 0.220 e. The molecule has 0 aliphatic heterocycles. The molecule has 0 saturated heterocycles. The van der Waals surface area contributed by atoms with Crippen LogP contribution >= 0.6 is 0 Å². The predicted molar refractivity (Wildman–Crippen MR) is 235 cm³/mol. The van der Waals surface area contributed by atoms with E-state index < -0.39 is 12.1 Å². The molecule has 0 radical (unpaired) electrons. The van der Waals surface area contributed by atoms with Crippen LogP contribution in [-0.2, 0) is 4.79 Å². The molecule has 4 nitrogen and oxygen atoms in total. The number of aliphatic hydroxyl groups excluding tert-OH is 2. The van der Waals surface area contributed by atoms with Gasteiger partial charge in [-0.25, -0.2) is 0 Å². The second-order valence-electron chi connectivity index (χ2n) is 16.2. The molecule has 0 aliphatic carbocycles. The zero-order chi connectivity index (χ0) is 38.6. The molecule has 0 fully saturated rings. The second kappa shape index (κ2) is 45.0. The Labute approximate surface area is 331 Å². The minimum absolute atomic E-state index is 0.0744. The van der Waals surface area contributed by atoms with Crippen LogP contribution in [-0.4, -0.2) is 34.9 Å². The van der Waals surface area contributed by atoms with E-state index in [-0.39, 0.29) is 12.5 Å². The van der Waals surface area contributed by atoms with Crippen LogP contribution in [0.2, 0.25) is 0 Å². The topological polar surface area (TPSA) is 69.6 Å². The molecule has 0 spiro atoms. The first-order valence-corrected chi connectivity index (χ1v) is 23.7. The number of aliphatic hydroxyl groups is 2. The van der Waals surface area contributed by atoms with Crippen molar-refractivity contribution in [2.24, 2.45) is 0 Å². The van der Waals surface area contributed by atoms with E-state index in [9.17, 15) is 15.0 Å². The summed E-state index contributed by atoms with van der Waals surface area (Å²) in [5.74, 6) is -0.0744. The Morgan fingerprint density at radius 1 is 0.434 bits per heavy atom. The van der Waals surface area contributed by atoms with Gasteiger partial charge in [0, 0.05) is 6.42 Å². The molecule has 0 bridgehead atoms. The number of amides is 1. The van der Waals surface area contributed by atoms with Gasteiger partial charge in [0.15, 0.2) is 0 Å². The van der Waals surface area contributed by atoms with Crippen molar-refractivity contribution in [1.82, 2.24) is 5.32 Å². The van der Waals surface area contributed by atoms with Crippen molar-refractivity contribution in [3.8, 4) is 0 Å². The van der Waals surface area contributed by atoms with Crippen molar-refractivity contribution in [2.45, 2.75) is 264 Å². The van der Waals surface area contributed by atoms with Gasteiger partial charge in [-0.15, -0.1) is 0 Å². The van der Waals surface area contributed by atoms with Crippen molar-refractivity contribution in [3.05, 3.63) is 36.5 Å². The Hall–Kier alpha value is -1.39. The average Bonchev–Trinajstić information content (AvgIpc) is 3.16. The number of hydrogen-bond donors (Lipinski definition) is 3. The molecule has 0 aromatic rings. The van der Waals surface area contributed by atoms with Crippen molar-refractivity contribution in [2.75, 3.05) is 6.61 Å². The van der Waals surface area contributed by atoms with Crippen molar-refractivity contribution in [1.29, 1.82) is 0 Å². The molecule has 1 amide bonds. The summed E-state index contributed by atoms with van der Waals surface area (Å²) in [6.45, 7) is 4.30. The van der Waals surface area contributed by atoms with Crippen LogP contribution < -0.4 is 5.32 Å². The third-order valence-corrected chi connectivity index (χ3v) is 10.9. The van der Waals surface area contributed by atoms with Crippen LogP contribution in [0.5, 0.6) is 0 Å². The molecule has 312 valence electrons. The van der Waals surface area contributed by atoms with Gasteiger partial charge in [0.2, 0.25) is 5.91 Å². The molecule has 0 heterocycles. The molecule has 0 rings (SSSR count). The Bertz CT molecular complexity index is 806. The van der Waals surface area contributed by atoms with E-state index >= 15 is 0 Å². The summed E-state index contributed by atoms with van der Waals surface area (Å²) < 4.78 is 0. The number of unbranched alkanes of at least 4 members (excludes halogenated alkanes) is 32. The number of allylic oxidation sites excluding steroid dienone is 5. The van der Waals surface area contributed by atoms with Crippen LogP contribution in [0.25, 0.3) is 0 Å². The summed E-state index contributed by atoms with van der Waals surface area (Å²) in [6, 6.07) is -0.642. The number of carbonyl (C=O) groups excluding carboxylic acids is 1. The first-order valence-electron chi connectivity index (χ1n) is 23.7. The number of carbonyl (C=O) groups is 1. The lowest BCUT2D eigenvalue weighted by molar-refractivity contribution is -0.123. The van der Waals surface area contributed by atoms with Gasteiger partial charge in [-0.05, 0) is 44.9 Å². The number of rotatable bonds is 43. The molecule has 0 aliphatic rings. The van der Waals surface area contributed by atoms with Crippen molar-refractivity contribution >= 4 is 5.91 Å². The van der Waals surface area contributed by atoms with Gasteiger partial charge in [0.05, 0.1) is 18.8 Å². The van der Waals surface area contributed by atoms with Crippen LogP contribution in [0.3, 0.4) is 0 Å². The molecular weight excluding hydrogens is 651 g/mol. The van der Waals surface area contributed by atoms with E-state index in [0.29, 0.717) is 6.42 Å². The quantitative estimate of drug-likeness (QED) is 0.0430. The zero-order valence-electron chi connectivity index (χ0n) is 35.8. The number of nitrogens with one attached hydrogen (secondary N) is 1. The Balaban J connectivity index is 3.55. The van der Waals surface area contributed by atoms with Crippen molar-refractivity contribution in [3.63, 3.8) is 0 Å². The number of hydrogen-bond acceptors (Lipinski definition) is 3. The minimum atomic E-state index is -0.867. The summed E-state index contributed by atoms with van der Waals surface area (Å²) in [6.07, 6.45) is 59.8. The van der Waals surface area contributed by atoms with Gasteiger partial charge in [-0.1, -0.05) is 237 Å². The molecule has 3 N–H and O–H groups in total. The lowest BCUT2D eigenvalue weighted by Gasteiger charge is -2.19. The average molecular weight is 744 g/mol. The fraction of sp³-hybridized carbons (Fsp3) is 0.857. The molecule has 0 saturated carbocycles. The molecule has 0 aromatic heterocycles. The first-order chi connectivity index (χ1) is 26.2. The maximum Gasteiger partial charge on any atom is 0.220 e. The third-order valence-electron chi connectivity index (χ3n) is 10.9. The summed E-state index contributed by atoms with van der Waals surface area (Å²) >= 11 is 0. The Kier molecular flexibility index (Phi) is 43.8. The van der Waals surface area contributed by atoms with Gasteiger partial charge >= 0.3 is 0 Å². The van der Waals surface area contributed by atoms with Gasteiger partial charge < -0.3 is 15.5 Å². The Morgan fingerprint density at radius 2 is 0.736 bits per heavy atom. The van der Waals surface area contributed by atoms with Crippen molar-refractivity contribution < 1.29 is 15.0 Å². The Morgan fingerprint density at radius 3 is 1.09 bits per heavy atom. The van der Waals surface area contributed by atoms with Crippen LogP contribution in [0.4, 0.5) is 0 Å². The van der Waals surface area contributed by atoms with Crippen LogP contribution in [0.15, 0.2) is 36.5 Å². The summed E-state index contributed by atoms with van der Waals surface area (Å²) in [4.78, 5) is 12.4. The summed E-state index contributed by atoms with van der Waals surface area (Å²) in [5, 5.41) is 23.0. The molecule has 2 atom stereocenters. The largest absolute Gasteiger partial charge is 0.394 e. The van der Waals surface area contributed by atoms with E-state index in [1.165, 1.54) is 193 Å².